The topological polar surface area (TPSA) is 64.6 Å². The van der Waals surface area contributed by atoms with Gasteiger partial charge in [-0.15, -0.1) is 0 Å². The van der Waals surface area contributed by atoms with Crippen LogP contribution in [0.15, 0.2) is 48.5 Å². The molecule has 120 valence electrons. The molecule has 2 aromatic rings. The van der Waals surface area contributed by atoms with Crippen molar-refractivity contribution < 1.29 is 19.1 Å². The van der Waals surface area contributed by atoms with Crippen LogP contribution in [0.4, 0.5) is 5.69 Å². The van der Waals surface area contributed by atoms with E-state index in [1.54, 1.807) is 37.3 Å². The molecular weight excluding hydrogens is 294 g/mol. The molecule has 0 radical (unpaired) electrons. The molecule has 0 saturated carbocycles. The highest BCUT2D eigenvalue weighted by Gasteiger charge is 2.14. The second kappa shape index (κ2) is 7.98. The lowest BCUT2D eigenvalue weighted by atomic mass is 10.2. The predicted molar refractivity (Wildman–Crippen MR) is 87.7 cm³/mol. The Morgan fingerprint density at radius 2 is 1.87 bits per heavy atom. The van der Waals surface area contributed by atoms with Crippen LogP contribution in [0.3, 0.4) is 0 Å². The summed E-state index contributed by atoms with van der Waals surface area (Å²) in [4.78, 5) is 23.9. The van der Waals surface area contributed by atoms with E-state index in [1.807, 2.05) is 25.1 Å². The Kier molecular flexibility index (Phi) is 5.74. The summed E-state index contributed by atoms with van der Waals surface area (Å²) in [6, 6.07) is 14.1. The first-order chi connectivity index (χ1) is 11.1. The van der Waals surface area contributed by atoms with Crippen LogP contribution in [0.1, 0.15) is 22.8 Å². The molecular formula is C18H19NO4. The summed E-state index contributed by atoms with van der Waals surface area (Å²) in [5.74, 6) is -0.190. The number of aryl methyl sites for hydroxylation is 1. The Morgan fingerprint density at radius 3 is 2.61 bits per heavy atom. The molecule has 0 heterocycles. The van der Waals surface area contributed by atoms with E-state index in [9.17, 15) is 9.59 Å². The van der Waals surface area contributed by atoms with Gasteiger partial charge < -0.3 is 14.8 Å². The maximum atomic E-state index is 12.0. The molecule has 0 atom stereocenters. The van der Waals surface area contributed by atoms with Gasteiger partial charge in [0.1, 0.15) is 5.75 Å². The van der Waals surface area contributed by atoms with E-state index < -0.39 is 5.97 Å². The molecule has 23 heavy (non-hydrogen) atoms. The third-order valence-corrected chi connectivity index (χ3v) is 3.06. The fourth-order valence-electron chi connectivity index (χ4n) is 2.02. The number of ether oxygens (including phenoxy) is 2. The van der Waals surface area contributed by atoms with E-state index in [4.69, 9.17) is 9.47 Å². The summed E-state index contributed by atoms with van der Waals surface area (Å²) in [6.45, 7) is 3.81. The highest BCUT2D eigenvalue weighted by atomic mass is 16.5. The van der Waals surface area contributed by atoms with Crippen molar-refractivity contribution >= 4 is 17.6 Å². The molecule has 0 bridgehead atoms. The zero-order chi connectivity index (χ0) is 16.7. The van der Waals surface area contributed by atoms with Gasteiger partial charge in [0.15, 0.2) is 6.61 Å². The predicted octanol–water partition coefficient (Wildman–Crippen LogP) is 3.19. The zero-order valence-corrected chi connectivity index (χ0v) is 13.2. The van der Waals surface area contributed by atoms with Crippen molar-refractivity contribution in [2.75, 3.05) is 18.5 Å². The molecule has 2 rings (SSSR count). The van der Waals surface area contributed by atoms with E-state index in [0.29, 0.717) is 17.0 Å². The standard InChI is InChI=1S/C18H19NO4/c1-3-22-18(21)15-9-4-5-10-16(15)19-17(20)12-23-14-8-6-7-13(2)11-14/h4-11H,3,12H2,1-2H3,(H,19,20). The van der Waals surface area contributed by atoms with E-state index in [1.165, 1.54) is 0 Å². The summed E-state index contributed by atoms with van der Waals surface area (Å²) in [6.07, 6.45) is 0. The van der Waals surface area contributed by atoms with Gasteiger partial charge in [0.25, 0.3) is 5.91 Å². The van der Waals surface area contributed by atoms with E-state index in [-0.39, 0.29) is 19.1 Å². The van der Waals surface area contributed by atoms with Gasteiger partial charge in [-0.25, -0.2) is 4.79 Å². The molecule has 2 aromatic carbocycles. The third-order valence-electron chi connectivity index (χ3n) is 3.06. The summed E-state index contributed by atoms with van der Waals surface area (Å²) in [5, 5.41) is 2.67. The van der Waals surface area contributed by atoms with Gasteiger partial charge in [0.05, 0.1) is 17.9 Å². The number of nitrogens with one attached hydrogen (secondary N) is 1. The summed E-state index contributed by atoms with van der Waals surface area (Å²) < 4.78 is 10.4. The molecule has 0 fully saturated rings. The fraction of sp³-hybridized carbons (Fsp3) is 0.222. The van der Waals surface area contributed by atoms with Crippen molar-refractivity contribution in [1.29, 1.82) is 0 Å². The second-order valence-electron chi connectivity index (χ2n) is 4.92. The van der Waals surface area contributed by atoms with Crippen molar-refractivity contribution in [3.05, 3.63) is 59.7 Å². The summed E-state index contributed by atoms with van der Waals surface area (Å²) in [7, 11) is 0. The van der Waals surface area contributed by atoms with Crippen molar-refractivity contribution in [2.24, 2.45) is 0 Å². The van der Waals surface area contributed by atoms with Crippen LogP contribution in [0.5, 0.6) is 5.75 Å². The number of carbonyl (C=O) groups is 2. The van der Waals surface area contributed by atoms with Crippen LogP contribution in [0.25, 0.3) is 0 Å². The van der Waals surface area contributed by atoms with Gasteiger partial charge in [-0.05, 0) is 43.7 Å². The number of benzene rings is 2. The highest BCUT2D eigenvalue weighted by Crippen LogP contribution is 2.17. The van der Waals surface area contributed by atoms with Crippen molar-refractivity contribution in [3.8, 4) is 5.75 Å². The van der Waals surface area contributed by atoms with Crippen LogP contribution < -0.4 is 10.1 Å². The lowest BCUT2D eigenvalue weighted by molar-refractivity contribution is -0.118. The quantitative estimate of drug-likeness (QED) is 0.832. The van der Waals surface area contributed by atoms with Gasteiger partial charge >= 0.3 is 5.97 Å². The van der Waals surface area contributed by atoms with Crippen LogP contribution in [0, 0.1) is 6.92 Å². The second-order valence-corrected chi connectivity index (χ2v) is 4.92. The minimum atomic E-state index is -0.469. The molecule has 0 spiro atoms. The Bertz CT molecular complexity index is 697. The maximum absolute atomic E-state index is 12.0. The SMILES string of the molecule is CCOC(=O)c1ccccc1NC(=O)COc1cccc(C)c1. The average Bonchev–Trinajstić information content (AvgIpc) is 2.54. The van der Waals surface area contributed by atoms with E-state index in [0.717, 1.165) is 5.56 Å². The molecule has 0 saturated heterocycles. The Balaban J connectivity index is 1.99. The molecule has 0 unspecified atom stereocenters. The molecule has 0 aliphatic heterocycles. The van der Waals surface area contributed by atoms with Gasteiger partial charge in [-0.2, -0.15) is 0 Å². The number of anilines is 1. The maximum Gasteiger partial charge on any atom is 0.340 e. The molecule has 0 aliphatic carbocycles. The largest absolute Gasteiger partial charge is 0.484 e. The van der Waals surface area contributed by atoms with Crippen LogP contribution in [-0.2, 0) is 9.53 Å². The lowest BCUT2D eigenvalue weighted by Crippen LogP contribution is -2.22. The first kappa shape index (κ1) is 16.5. The van der Waals surface area contributed by atoms with Crippen molar-refractivity contribution in [1.82, 2.24) is 0 Å². The van der Waals surface area contributed by atoms with Gasteiger partial charge in [-0.1, -0.05) is 24.3 Å². The Morgan fingerprint density at radius 1 is 1.09 bits per heavy atom. The third kappa shape index (κ3) is 4.85. The van der Waals surface area contributed by atoms with E-state index in [2.05, 4.69) is 5.32 Å². The number of carbonyl (C=O) groups excluding carboxylic acids is 2. The minimum absolute atomic E-state index is 0.138. The van der Waals surface area contributed by atoms with Crippen molar-refractivity contribution in [2.45, 2.75) is 13.8 Å². The summed E-state index contributed by atoms with van der Waals surface area (Å²) in [5.41, 5.74) is 1.78. The number of amides is 1. The van der Waals surface area contributed by atoms with Crippen molar-refractivity contribution in [3.63, 3.8) is 0 Å². The first-order valence-electron chi connectivity index (χ1n) is 7.35. The zero-order valence-electron chi connectivity index (χ0n) is 13.2. The number of rotatable bonds is 6. The summed E-state index contributed by atoms with van der Waals surface area (Å²) >= 11 is 0. The average molecular weight is 313 g/mol. The Hall–Kier alpha value is -2.82. The number of hydrogen-bond acceptors (Lipinski definition) is 4. The molecule has 1 amide bonds. The molecule has 5 heteroatoms. The molecule has 1 N–H and O–H groups in total. The lowest BCUT2D eigenvalue weighted by Gasteiger charge is -2.11. The van der Waals surface area contributed by atoms with Crippen LogP contribution in [-0.4, -0.2) is 25.1 Å². The monoisotopic (exact) mass is 313 g/mol. The smallest absolute Gasteiger partial charge is 0.340 e. The number of para-hydroxylation sites is 1. The molecule has 0 aromatic heterocycles. The number of hydrogen-bond donors (Lipinski definition) is 1. The van der Waals surface area contributed by atoms with Crippen LogP contribution in [0.2, 0.25) is 0 Å². The Labute approximate surface area is 135 Å². The van der Waals surface area contributed by atoms with Gasteiger partial charge in [0.2, 0.25) is 0 Å². The first-order valence-corrected chi connectivity index (χ1v) is 7.35. The normalized spacial score (nSPS) is 10.0. The van der Waals surface area contributed by atoms with Gasteiger partial charge in [-0.3, -0.25) is 4.79 Å². The molecule has 5 nitrogen and oxygen atoms in total. The fourth-order valence-corrected chi connectivity index (χ4v) is 2.02. The highest BCUT2D eigenvalue weighted by molar-refractivity contribution is 6.01. The number of esters is 1. The van der Waals surface area contributed by atoms with E-state index >= 15 is 0 Å². The van der Waals surface area contributed by atoms with Gasteiger partial charge in [0, 0.05) is 0 Å². The molecule has 0 aliphatic rings. The minimum Gasteiger partial charge on any atom is -0.484 e. The van der Waals surface area contributed by atoms with Crippen LogP contribution >= 0.6 is 0 Å².